The molecule has 0 unspecified atom stereocenters. The summed E-state index contributed by atoms with van der Waals surface area (Å²) in [6, 6.07) is 6.75. The van der Waals surface area contributed by atoms with E-state index in [0.717, 1.165) is 9.35 Å². The Morgan fingerprint density at radius 3 is 2.94 bits per heavy atom. The number of fused-ring (bicyclic) bond motifs is 1. The number of para-hydroxylation sites is 1. The molecule has 0 aliphatic heterocycles. The van der Waals surface area contributed by atoms with E-state index < -0.39 is 5.97 Å². The Balaban J connectivity index is 2.22. The number of hydrogen-bond acceptors (Lipinski definition) is 4. The number of halogens is 1. The van der Waals surface area contributed by atoms with Crippen molar-refractivity contribution < 1.29 is 14.3 Å². The fraction of sp³-hybridized carbons (Fsp3) is 0. The van der Waals surface area contributed by atoms with E-state index in [1.807, 2.05) is 11.4 Å². The minimum absolute atomic E-state index is 0.150. The molecule has 2 aromatic heterocycles. The lowest BCUT2D eigenvalue weighted by atomic mass is 10.2. The number of oxazole rings is 1. The van der Waals surface area contributed by atoms with Crippen LogP contribution in [0.25, 0.3) is 22.6 Å². The lowest BCUT2D eigenvalue weighted by molar-refractivity contribution is 0.0699. The molecule has 0 saturated heterocycles. The SMILES string of the molecule is O=C(O)c1cccc2oc(-c3csc(Br)c3)nc12. The van der Waals surface area contributed by atoms with Crippen molar-refractivity contribution in [3.63, 3.8) is 0 Å². The molecule has 6 heteroatoms. The van der Waals surface area contributed by atoms with Crippen molar-refractivity contribution >= 4 is 44.3 Å². The zero-order valence-corrected chi connectivity index (χ0v) is 11.3. The van der Waals surface area contributed by atoms with Crippen LogP contribution in [0.3, 0.4) is 0 Å². The van der Waals surface area contributed by atoms with Gasteiger partial charge in [0.05, 0.1) is 9.35 Å². The summed E-state index contributed by atoms with van der Waals surface area (Å²) in [5.41, 5.74) is 1.84. The number of aromatic nitrogens is 1. The number of carboxylic acid groups (broad SMARTS) is 1. The number of hydrogen-bond donors (Lipinski definition) is 1. The number of carboxylic acids is 1. The number of nitrogens with zero attached hydrogens (tertiary/aromatic N) is 1. The number of rotatable bonds is 2. The van der Waals surface area contributed by atoms with Crippen LogP contribution in [0.4, 0.5) is 0 Å². The molecule has 0 atom stereocenters. The molecule has 90 valence electrons. The maximum atomic E-state index is 11.1. The summed E-state index contributed by atoms with van der Waals surface area (Å²) < 4.78 is 6.54. The molecule has 18 heavy (non-hydrogen) atoms. The van der Waals surface area contributed by atoms with Crippen LogP contribution in [0.15, 0.2) is 37.8 Å². The van der Waals surface area contributed by atoms with Gasteiger partial charge in [-0.2, -0.15) is 0 Å². The average Bonchev–Trinajstić information content (AvgIpc) is 2.93. The minimum Gasteiger partial charge on any atom is -0.478 e. The largest absolute Gasteiger partial charge is 0.478 e. The van der Waals surface area contributed by atoms with E-state index in [9.17, 15) is 4.79 Å². The zero-order valence-electron chi connectivity index (χ0n) is 8.88. The quantitative estimate of drug-likeness (QED) is 0.773. The van der Waals surface area contributed by atoms with Gasteiger partial charge >= 0.3 is 5.97 Å². The molecule has 3 rings (SSSR count). The second-order valence-corrected chi connectivity index (χ2v) is 5.91. The molecule has 0 fully saturated rings. The Morgan fingerprint density at radius 1 is 1.44 bits per heavy atom. The predicted octanol–water partition coefficient (Wildman–Crippen LogP) is 4.02. The van der Waals surface area contributed by atoms with Crippen molar-refractivity contribution in [3.8, 4) is 11.5 Å². The van der Waals surface area contributed by atoms with Gasteiger partial charge in [0.15, 0.2) is 5.58 Å². The molecule has 2 heterocycles. The normalized spacial score (nSPS) is 10.9. The summed E-state index contributed by atoms with van der Waals surface area (Å²) in [6.45, 7) is 0. The molecular weight excluding hydrogens is 318 g/mol. The standard InChI is InChI=1S/C12H6BrNO3S/c13-9-4-6(5-18-9)11-14-10-7(12(15)16)2-1-3-8(10)17-11/h1-5H,(H,15,16). The van der Waals surface area contributed by atoms with Crippen LogP contribution in [0.1, 0.15) is 10.4 Å². The molecule has 0 aliphatic carbocycles. The van der Waals surface area contributed by atoms with Crippen LogP contribution < -0.4 is 0 Å². The van der Waals surface area contributed by atoms with Gasteiger partial charge in [-0.25, -0.2) is 9.78 Å². The molecule has 0 spiro atoms. The Labute approximate surface area is 114 Å². The summed E-state index contributed by atoms with van der Waals surface area (Å²) >= 11 is 4.89. The zero-order chi connectivity index (χ0) is 12.7. The van der Waals surface area contributed by atoms with Crippen molar-refractivity contribution in [1.29, 1.82) is 0 Å². The topological polar surface area (TPSA) is 63.3 Å². The highest BCUT2D eigenvalue weighted by molar-refractivity contribution is 9.11. The first-order valence-electron chi connectivity index (χ1n) is 5.02. The smallest absolute Gasteiger partial charge is 0.338 e. The minimum atomic E-state index is -1.01. The lowest BCUT2D eigenvalue weighted by Gasteiger charge is -1.92. The molecule has 0 amide bonds. The molecule has 1 aromatic carbocycles. The molecule has 3 aromatic rings. The summed E-state index contributed by atoms with van der Waals surface area (Å²) in [4.78, 5) is 15.3. The van der Waals surface area contributed by atoms with E-state index in [0.29, 0.717) is 17.0 Å². The van der Waals surface area contributed by atoms with E-state index in [2.05, 4.69) is 20.9 Å². The summed E-state index contributed by atoms with van der Waals surface area (Å²) in [5, 5.41) is 11.0. The number of benzene rings is 1. The monoisotopic (exact) mass is 323 g/mol. The van der Waals surface area contributed by atoms with Crippen LogP contribution in [-0.4, -0.2) is 16.1 Å². The first kappa shape index (κ1) is 11.4. The van der Waals surface area contributed by atoms with Crippen molar-refractivity contribution in [1.82, 2.24) is 4.98 Å². The maximum Gasteiger partial charge on any atom is 0.338 e. The highest BCUT2D eigenvalue weighted by atomic mass is 79.9. The van der Waals surface area contributed by atoms with Crippen molar-refractivity contribution in [3.05, 3.63) is 39.0 Å². The van der Waals surface area contributed by atoms with Crippen molar-refractivity contribution in [2.24, 2.45) is 0 Å². The van der Waals surface area contributed by atoms with E-state index in [-0.39, 0.29) is 5.56 Å². The number of carbonyl (C=O) groups is 1. The predicted molar refractivity (Wildman–Crippen MR) is 72.0 cm³/mol. The Kier molecular flexibility index (Phi) is 2.68. The fourth-order valence-corrected chi connectivity index (χ4v) is 2.80. The van der Waals surface area contributed by atoms with Gasteiger partial charge in [0, 0.05) is 10.9 Å². The van der Waals surface area contributed by atoms with Crippen LogP contribution in [-0.2, 0) is 0 Å². The van der Waals surface area contributed by atoms with Gasteiger partial charge < -0.3 is 9.52 Å². The van der Waals surface area contributed by atoms with Crippen molar-refractivity contribution in [2.45, 2.75) is 0 Å². The molecule has 0 radical (unpaired) electrons. The fourth-order valence-electron chi connectivity index (χ4n) is 1.67. The van der Waals surface area contributed by atoms with Crippen molar-refractivity contribution in [2.75, 3.05) is 0 Å². The van der Waals surface area contributed by atoms with Gasteiger partial charge in [0.2, 0.25) is 5.89 Å². The number of aromatic carboxylic acids is 1. The molecular formula is C12H6BrNO3S. The average molecular weight is 324 g/mol. The maximum absolute atomic E-state index is 11.1. The van der Waals surface area contributed by atoms with Gasteiger partial charge in [-0.15, -0.1) is 11.3 Å². The highest BCUT2D eigenvalue weighted by Gasteiger charge is 2.15. The summed E-state index contributed by atoms with van der Waals surface area (Å²) in [7, 11) is 0. The molecule has 0 bridgehead atoms. The van der Waals surface area contributed by atoms with Crippen LogP contribution in [0.2, 0.25) is 0 Å². The second kappa shape index (κ2) is 4.22. The molecule has 1 N–H and O–H groups in total. The first-order chi connectivity index (χ1) is 8.65. The highest BCUT2D eigenvalue weighted by Crippen LogP contribution is 2.31. The third-order valence-corrected chi connectivity index (χ3v) is 3.97. The van der Waals surface area contributed by atoms with Crippen LogP contribution >= 0.6 is 27.3 Å². The molecule has 0 saturated carbocycles. The lowest BCUT2D eigenvalue weighted by Crippen LogP contribution is -1.96. The van der Waals surface area contributed by atoms with E-state index in [1.54, 1.807) is 12.1 Å². The Morgan fingerprint density at radius 2 is 2.28 bits per heavy atom. The van der Waals surface area contributed by atoms with Gasteiger partial charge in [-0.1, -0.05) is 6.07 Å². The Bertz CT molecular complexity index is 747. The first-order valence-corrected chi connectivity index (χ1v) is 6.69. The Hall–Kier alpha value is -1.66. The van der Waals surface area contributed by atoms with E-state index >= 15 is 0 Å². The van der Waals surface area contributed by atoms with Crippen LogP contribution in [0, 0.1) is 0 Å². The third kappa shape index (κ3) is 1.83. The summed E-state index contributed by atoms with van der Waals surface area (Å²) in [6.07, 6.45) is 0. The van der Waals surface area contributed by atoms with E-state index in [4.69, 9.17) is 9.52 Å². The third-order valence-electron chi connectivity index (χ3n) is 2.46. The van der Waals surface area contributed by atoms with Gasteiger partial charge in [0.25, 0.3) is 0 Å². The number of thiophene rings is 1. The van der Waals surface area contributed by atoms with Gasteiger partial charge in [-0.3, -0.25) is 0 Å². The van der Waals surface area contributed by atoms with Crippen LogP contribution in [0.5, 0.6) is 0 Å². The molecule has 0 aliphatic rings. The molecule has 4 nitrogen and oxygen atoms in total. The van der Waals surface area contributed by atoms with E-state index in [1.165, 1.54) is 17.4 Å². The summed E-state index contributed by atoms with van der Waals surface area (Å²) in [5.74, 6) is -0.576. The van der Waals surface area contributed by atoms with Gasteiger partial charge in [0.1, 0.15) is 5.52 Å². The van der Waals surface area contributed by atoms with Gasteiger partial charge in [-0.05, 0) is 34.1 Å². The second-order valence-electron chi connectivity index (χ2n) is 3.62.